The van der Waals surface area contributed by atoms with Gasteiger partial charge in [-0.3, -0.25) is 19.3 Å². The van der Waals surface area contributed by atoms with Crippen LogP contribution in [0.5, 0.6) is 11.5 Å². The van der Waals surface area contributed by atoms with Gasteiger partial charge < -0.3 is 19.5 Å². The van der Waals surface area contributed by atoms with E-state index in [1.165, 1.54) is 51.6 Å². The molecule has 3 amide bonds. The van der Waals surface area contributed by atoms with Gasteiger partial charge in [0.15, 0.2) is 6.61 Å². The number of hydrogen-bond acceptors (Lipinski definition) is 7. The number of carbonyl (C=O) groups excluding carboxylic acids is 4. The van der Waals surface area contributed by atoms with Crippen molar-refractivity contribution in [2.45, 2.75) is 0 Å². The van der Waals surface area contributed by atoms with Gasteiger partial charge in [0.2, 0.25) is 0 Å². The van der Waals surface area contributed by atoms with Crippen LogP contribution in [0.2, 0.25) is 5.02 Å². The molecule has 156 valence electrons. The topological polar surface area (TPSA) is 111 Å². The van der Waals surface area contributed by atoms with Gasteiger partial charge in [0.05, 0.1) is 41.6 Å². The van der Waals surface area contributed by atoms with Gasteiger partial charge in [0, 0.05) is 19.2 Å². The van der Waals surface area contributed by atoms with Crippen LogP contribution >= 0.6 is 11.6 Å². The first-order valence-electron chi connectivity index (χ1n) is 8.61. The molecule has 10 heteroatoms. The molecule has 0 unspecified atom stereocenters. The lowest BCUT2D eigenvalue weighted by atomic mass is 10.1. The second kappa shape index (κ2) is 8.42. The Morgan fingerprint density at radius 1 is 1.00 bits per heavy atom. The van der Waals surface area contributed by atoms with Crippen LogP contribution in [0.25, 0.3) is 0 Å². The number of rotatable bonds is 6. The molecule has 0 aliphatic carbocycles. The molecule has 1 aliphatic rings. The number of anilines is 1. The van der Waals surface area contributed by atoms with E-state index in [1.807, 2.05) is 0 Å². The molecule has 2 aromatic carbocycles. The molecule has 0 spiro atoms. The number of carbonyl (C=O) groups is 4. The first-order chi connectivity index (χ1) is 14.3. The molecular formula is C20H17ClN2O7. The predicted octanol–water partition coefficient (Wildman–Crippen LogP) is 2.38. The van der Waals surface area contributed by atoms with E-state index in [0.717, 1.165) is 4.90 Å². The maximum Gasteiger partial charge on any atom is 0.338 e. The predicted molar refractivity (Wildman–Crippen MR) is 106 cm³/mol. The molecule has 0 aromatic heterocycles. The summed E-state index contributed by atoms with van der Waals surface area (Å²) in [6.07, 6.45) is 0. The number of esters is 1. The number of hydrogen-bond donors (Lipinski definition) is 1. The zero-order chi connectivity index (χ0) is 22.0. The Bertz CT molecular complexity index is 1070. The number of halogens is 1. The van der Waals surface area contributed by atoms with Gasteiger partial charge in [-0.15, -0.1) is 0 Å². The summed E-state index contributed by atoms with van der Waals surface area (Å²) in [5, 5.41) is 2.85. The third kappa shape index (κ3) is 3.92. The van der Waals surface area contributed by atoms with Gasteiger partial charge in [-0.25, -0.2) is 4.79 Å². The van der Waals surface area contributed by atoms with Crippen molar-refractivity contribution in [2.75, 3.05) is 33.2 Å². The maximum atomic E-state index is 12.3. The van der Waals surface area contributed by atoms with E-state index in [2.05, 4.69) is 5.32 Å². The molecule has 1 heterocycles. The Morgan fingerprint density at radius 2 is 1.67 bits per heavy atom. The summed E-state index contributed by atoms with van der Waals surface area (Å²) in [7, 11) is 4.19. The van der Waals surface area contributed by atoms with E-state index in [0.29, 0.717) is 16.5 Å². The molecule has 30 heavy (non-hydrogen) atoms. The minimum Gasteiger partial charge on any atom is -0.495 e. The average Bonchev–Trinajstić information content (AvgIpc) is 2.96. The molecule has 0 fully saturated rings. The molecule has 1 aliphatic heterocycles. The first kappa shape index (κ1) is 21.1. The van der Waals surface area contributed by atoms with Crippen molar-refractivity contribution in [2.24, 2.45) is 0 Å². The van der Waals surface area contributed by atoms with Gasteiger partial charge in [-0.2, -0.15) is 0 Å². The lowest BCUT2D eigenvalue weighted by molar-refractivity contribution is -0.119. The number of nitrogens with one attached hydrogen (secondary N) is 1. The number of benzene rings is 2. The third-order valence-electron chi connectivity index (χ3n) is 4.41. The van der Waals surface area contributed by atoms with E-state index in [1.54, 1.807) is 0 Å². The number of nitrogens with zero attached hydrogens (tertiary/aromatic N) is 1. The number of amides is 3. The van der Waals surface area contributed by atoms with Gasteiger partial charge in [-0.05, 0) is 18.2 Å². The zero-order valence-electron chi connectivity index (χ0n) is 16.3. The summed E-state index contributed by atoms with van der Waals surface area (Å²) in [6.45, 7) is -0.587. The fourth-order valence-electron chi connectivity index (χ4n) is 2.85. The van der Waals surface area contributed by atoms with Crippen molar-refractivity contribution in [3.05, 3.63) is 52.0 Å². The van der Waals surface area contributed by atoms with E-state index < -0.39 is 30.3 Å². The normalized spacial score (nSPS) is 12.5. The van der Waals surface area contributed by atoms with Gasteiger partial charge in [-0.1, -0.05) is 11.6 Å². The standard InChI is InChI=1S/C20H17ClN2O7/c1-23-18(25)11-5-4-10(6-12(11)19(23)26)20(27)30-9-17(24)22-14-8-15(28-2)13(21)7-16(14)29-3/h4-8H,9H2,1-3H3,(H,22,24). The van der Waals surface area contributed by atoms with Crippen molar-refractivity contribution >= 4 is 41.0 Å². The summed E-state index contributed by atoms with van der Waals surface area (Å²) in [5.74, 6) is -1.77. The molecule has 0 saturated heterocycles. The minimum atomic E-state index is -0.816. The lowest BCUT2D eigenvalue weighted by Gasteiger charge is -2.13. The number of methoxy groups -OCH3 is 2. The molecule has 0 bridgehead atoms. The molecular weight excluding hydrogens is 416 g/mol. The summed E-state index contributed by atoms with van der Waals surface area (Å²) >= 11 is 6.02. The van der Waals surface area contributed by atoms with Crippen molar-refractivity contribution in [1.82, 2.24) is 4.90 Å². The first-order valence-corrected chi connectivity index (χ1v) is 8.99. The van der Waals surface area contributed by atoms with E-state index >= 15 is 0 Å². The molecule has 9 nitrogen and oxygen atoms in total. The third-order valence-corrected chi connectivity index (χ3v) is 4.70. The SMILES string of the molecule is COc1cc(NC(=O)COC(=O)c2ccc3c(c2)C(=O)N(C)C3=O)c(OC)cc1Cl. The van der Waals surface area contributed by atoms with Crippen LogP contribution in [0.3, 0.4) is 0 Å². The fraction of sp³-hybridized carbons (Fsp3) is 0.200. The minimum absolute atomic E-state index is 0.0451. The van der Waals surface area contributed by atoms with Crippen LogP contribution in [-0.2, 0) is 9.53 Å². The highest BCUT2D eigenvalue weighted by Gasteiger charge is 2.33. The van der Waals surface area contributed by atoms with Gasteiger partial charge in [0.1, 0.15) is 11.5 Å². The van der Waals surface area contributed by atoms with Crippen LogP contribution in [0.1, 0.15) is 31.1 Å². The quantitative estimate of drug-likeness (QED) is 0.551. The summed E-state index contributed by atoms with van der Waals surface area (Å²) in [5.41, 5.74) is 0.646. The van der Waals surface area contributed by atoms with E-state index in [-0.39, 0.29) is 22.4 Å². The molecule has 3 rings (SSSR count). The molecule has 0 saturated carbocycles. The Morgan fingerprint density at radius 3 is 2.33 bits per heavy atom. The van der Waals surface area contributed by atoms with Crippen molar-refractivity contribution in [3.8, 4) is 11.5 Å². The fourth-order valence-corrected chi connectivity index (χ4v) is 3.08. The monoisotopic (exact) mass is 432 g/mol. The van der Waals surface area contributed by atoms with Crippen LogP contribution in [0.4, 0.5) is 5.69 Å². The van der Waals surface area contributed by atoms with Crippen LogP contribution in [-0.4, -0.2) is 56.5 Å². The number of imide groups is 1. The second-order valence-electron chi connectivity index (χ2n) is 6.24. The van der Waals surface area contributed by atoms with Crippen LogP contribution < -0.4 is 14.8 Å². The highest BCUT2D eigenvalue weighted by Crippen LogP contribution is 2.35. The Kier molecular flexibility index (Phi) is 5.93. The van der Waals surface area contributed by atoms with Crippen molar-refractivity contribution in [1.29, 1.82) is 0 Å². The van der Waals surface area contributed by atoms with Crippen molar-refractivity contribution in [3.63, 3.8) is 0 Å². The highest BCUT2D eigenvalue weighted by molar-refractivity contribution is 6.32. The van der Waals surface area contributed by atoms with Gasteiger partial charge >= 0.3 is 5.97 Å². The Balaban J connectivity index is 1.67. The van der Waals surface area contributed by atoms with Crippen LogP contribution in [0, 0.1) is 0 Å². The molecule has 0 atom stereocenters. The molecule has 0 radical (unpaired) electrons. The maximum absolute atomic E-state index is 12.3. The van der Waals surface area contributed by atoms with E-state index in [4.69, 9.17) is 25.8 Å². The average molecular weight is 433 g/mol. The Hall–Kier alpha value is -3.59. The Labute approximate surface area is 176 Å². The summed E-state index contributed by atoms with van der Waals surface area (Å²) < 4.78 is 15.3. The summed E-state index contributed by atoms with van der Waals surface area (Å²) in [6, 6.07) is 6.95. The second-order valence-corrected chi connectivity index (χ2v) is 6.65. The molecule has 1 N–H and O–H groups in total. The zero-order valence-corrected chi connectivity index (χ0v) is 17.0. The number of fused-ring (bicyclic) bond motifs is 1. The summed E-state index contributed by atoms with van der Waals surface area (Å²) in [4.78, 5) is 49.4. The van der Waals surface area contributed by atoms with Gasteiger partial charge in [0.25, 0.3) is 17.7 Å². The lowest BCUT2D eigenvalue weighted by Crippen LogP contribution is -2.24. The highest BCUT2D eigenvalue weighted by atomic mass is 35.5. The molecule has 2 aromatic rings. The van der Waals surface area contributed by atoms with E-state index in [9.17, 15) is 19.2 Å². The largest absolute Gasteiger partial charge is 0.495 e. The smallest absolute Gasteiger partial charge is 0.338 e. The van der Waals surface area contributed by atoms with Crippen LogP contribution in [0.15, 0.2) is 30.3 Å². The number of ether oxygens (including phenoxy) is 3. The van der Waals surface area contributed by atoms with Crippen molar-refractivity contribution < 1.29 is 33.4 Å².